The van der Waals surface area contributed by atoms with E-state index >= 15 is 0 Å². The van der Waals surface area contributed by atoms with E-state index in [-0.39, 0.29) is 0 Å². The molecule has 5 nitrogen and oxygen atoms in total. The van der Waals surface area contributed by atoms with E-state index in [0.717, 1.165) is 35.1 Å². The molecule has 0 saturated heterocycles. The first-order valence-electron chi connectivity index (χ1n) is 7.38. The van der Waals surface area contributed by atoms with Crippen LogP contribution in [0.2, 0.25) is 0 Å². The number of ether oxygens (including phenoxy) is 1. The second-order valence-electron chi connectivity index (χ2n) is 5.68. The Kier molecular flexibility index (Phi) is 4.94. The summed E-state index contributed by atoms with van der Waals surface area (Å²) in [7, 11) is 1.73. The van der Waals surface area contributed by atoms with Crippen LogP contribution in [0.25, 0.3) is 0 Å². The van der Waals surface area contributed by atoms with Crippen LogP contribution in [-0.2, 0) is 11.3 Å². The normalized spacial score (nSPS) is 16.2. The van der Waals surface area contributed by atoms with Crippen LogP contribution in [-0.4, -0.2) is 36.5 Å². The summed E-state index contributed by atoms with van der Waals surface area (Å²) in [6.07, 6.45) is 2.61. The van der Waals surface area contributed by atoms with Gasteiger partial charge in [0.05, 0.1) is 12.3 Å². The van der Waals surface area contributed by atoms with E-state index in [0.29, 0.717) is 19.2 Å². The lowest BCUT2D eigenvalue weighted by molar-refractivity contribution is 0.202. The largest absolute Gasteiger partial charge is 0.383 e. The first kappa shape index (κ1) is 15.2. The fraction of sp³-hybridized carbons (Fsp3) is 0.733. The highest BCUT2D eigenvalue weighted by atomic mass is 16.5. The third kappa shape index (κ3) is 3.10. The van der Waals surface area contributed by atoms with Crippen molar-refractivity contribution in [2.45, 2.75) is 46.2 Å². The van der Waals surface area contributed by atoms with Gasteiger partial charge in [0, 0.05) is 31.8 Å². The standard InChI is InChI=1S/C15H26N4O/c1-10-11(2)17-18-15(14(10)9-16)19(7-8-20-4)12(3)13-5-6-13/h12-13H,5-9,16H2,1-4H3. The van der Waals surface area contributed by atoms with Gasteiger partial charge in [-0.1, -0.05) is 0 Å². The number of aryl methyl sites for hydroxylation is 1. The van der Waals surface area contributed by atoms with Crippen molar-refractivity contribution in [2.75, 3.05) is 25.2 Å². The highest BCUT2D eigenvalue weighted by molar-refractivity contribution is 5.51. The Morgan fingerprint density at radius 1 is 1.35 bits per heavy atom. The third-order valence-corrected chi connectivity index (χ3v) is 4.37. The van der Waals surface area contributed by atoms with Gasteiger partial charge in [0.15, 0.2) is 5.82 Å². The molecule has 1 aliphatic carbocycles. The summed E-state index contributed by atoms with van der Waals surface area (Å²) in [6, 6.07) is 0.465. The van der Waals surface area contributed by atoms with Crippen molar-refractivity contribution in [3.8, 4) is 0 Å². The summed E-state index contributed by atoms with van der Waals surface area (Å²) >= 11 is 0. The molecule has 1 heterocycles. The van der Waals surface area contributed by atoms with E-state index < -0.39 is 0 Å². The first-order chi connectivity index (χ1) is 9.60. The highest BCUT2D eigenvalue weighted by Gasteiger charge is 2.33. The molecular weight excluding hydrogens is 252 g/mol. The molecule has 1 fully saturated rings. The van der Waals surface area contributed by atoms with Gasteiger partial charge in [-0.05, 0) is 45.1 Å². The van der Waals surface area contributed by atoms with Gasteiger partial charge in [-0.2, -0.15) is 5.10 Å². The lowest BCUT2D eigenvalue weighted by Crippen LogP contribution is -2.39. The molecule has 1 aliphatic rings. The number of rotatable bonds is 7. The average molecular weight is 278 g/mol. The van der Waals surface area contributed by atoms with Crippen LogP contribution in [0.4, 0.5) is 5.82 Å². The minimum absolute atomic E-state index is 0.465. The van der Waals surface area contributed by atoms with Crippen LogP contribution in [0, 0.1) is 19.8 Å². The maximum absolute atomic E-state index is 5.95. The molecule has 0 aliphatic heterocycles. The summed E-state index contributed by atoms with van der Waals surface area (Å²) in [5, 5.41) is 8.73. The first-order valence-corrected chi connectivity index (χ1v) is 7.38. The van der Waals surface area contributed by atoms with Gasteiger partial charge >= 0.3 is 0 Å². The summed E-state index contributed by atoms with van der Waals surface area (Å²) in [6.45, 7) is 8.35. The van der Waals surface area contributed by atoms with Gasteiger partial charge in [-0.3, -0.25) is 0 Å². The van der Waals surface area contributed by atoms with Gasteiger partial charge in [0.1, 0.15) is 0 Å². The molecule has 1 aromatic heterocycles. The maximum Gasteiger partial charge on any atom is 0.156 e. The molecule has 1 atom stereocenters. The van der Waals surface area contributed by atoms with E-state index in [2.05, 4.69) is 28.9 Å². The predicted molar refractivity (Wildman–Crippen MR) is 80.8 cm³/mol. The van der Waals surface area contributed by atoms with Crippen molar-refractivity contribution in [1.29, 1.82) is 0 Å². The molecule has 1 saturated carbocycles. The number of anilines is 1. The van der Waals surface area contributed by atoms with Crippen LogP contribution in [0.1, 0.15) is 36.6 Å². The van der Waals surface area contributed by atoms with Crippen LogP contribution in [0.15, 0.2) is 0 Å². The number of nitrogens with two attached hydrogens (primary N) is 1. The second kappa shape index (κ2) is 6.50. The van der Waals surface area contributed by atoms with Gasteiger partial charge in [0.25, 0.3) is 0 Å². The lowest BCUT2D eigenvalue weighted by Gasteiger charge is -2.32. The molecule has 0 bridgehead atoms. The monoisotopic (exact) mass is 278 g/mol. The zero-order valence-electron chi connectivity index (χ0n) is 13.0. The van der Waals surface area contributed by atoms with Crippen molar-refractivity contribution >= 4 is 5.82 Å². The molecule has 0 amide bonds. The zero-order valence-corrected chi connectivity index (χ0v) is 13.0. The Morgan fingerprint density at radius 2 is 2.05 bits per heavy atom. The van der Waals surface area contributed by atoms with Crippen molar-refractivity contribution in [3.05, 3.63) is 16.8 Å². The molecule has 20 heavy (non-hydrogen) atoms. The summed E-state index contributed by atoms with van der Waals surface area (Å²) in [4.78, 5) is 2.32. The quantitative estimate of drug-likeness (QED) is 0.824. The van der Waals surface area contributed by atoms with Crippen LogP contribution < -0.4 is 10.6 Å². The number of nitrogens with zero attached hydrogens (tertiary/aromatic N) is 3. The van der Waals surface area contributed by atoms with Gasteiger partial charge < -0.3 is 15.4 Å². The van der Waals surface area contributed by atoms with Crippen molar-refractivity contribution in [2.24, 2.45) is 11.7 Å². The summed E-state index contributed by atoms with van der Waals surface area (Å²) in [5.74, 6) is 1.70. The SMILES string of the molecule is COCCN(c1nnc(C)c(C)c1CN)C(C)C1CC1. The molecule has 1 aromatic rings. The predicted octanol–water partition coefficient (Wildman–Crippen LogP) is 1.80. The maximum atomic E-state index is 5.95. The molecule has 2 N–H and O–H groups in total. The van der Waals surface area contributed by atoms with Crippen molar-refractivity contribution in [1.82, 2.24) is 10.2 Å². The van der Waals surface area contributed by atoms with Gasteiger partial charge in [-0.25, -0.2) is 0 Å². The number of methoxy groups -OCH3 is 1. The summed E-state index contributed by atoms with van der Waals surface area (Å²) in [5.41, 5.74) is 9.18. The van der Waals surface area contributed by atoms with E-state index in [1.807, 2.05) is 6.92 Å². The second-order valence-corrected chi connectivity index (χ2v) is 5.68. The third-order valence-electron chi connectivity index (χ3n) is 4.37. The summed E-state index contributed by atoms with van der Waals surface area (Å²) < 4.78 is 5.25. The molecule has 112 valence electrons. The Hall–Kier alpha value is -1.20. The number of hydrogen-bond donors (Lipinski definition) is 1. The minimum atomic E-state index is 0.465. The average Bonchev–Trinajstić information content (AvgIpc) is 3.27. The number of hydrogen-bond acceptors (Lipinski definition) is 5. The van der Waals surface area contributed by atoms with E-state index in [1.54, 1.807) is 7.11 Å². The van der Waals surface area contributed by atoms with Crippen LogP contribution in [0.5, 0.6) is 0 Å². The van der Waals surface area contributed by atoms with Crippen LogP contribution in [0.3, 0.4) is 0 Å². The van der Waals surface area contributed by atoms with E-state index in [9.17, 15) is 0 Å². The fourth-order valence-corrected chi connectivity index (χ4v) is 2.64. The Morgan fingerprint density at radius 3 is 2.60 bits per heavy atom. The lowest BCUT2D eigenvalue weighted by atomic mass is 10.1. The van der Waals surface area contributed by atoms with Crippen LogP contribution >= 0.6 is 0 Å². The van der Waals surface area contributed by atoms with E-state index in [1.165, 1.54) is 12.8 Å². The Labute approximate surface area is 121 Å². The molecule has 0 aromatic carbocycles. The minimum Gasteiger partial charge on any atom is -0.383 e. The van der Waals surface area contributed by atoms with E-state index in [4.69, 9.17) is 10.5 Å². The fourth-order valence-electron chi connectivity index (χ4n) is 2.64. The molecule has 0 spiro atoms. The van der Waals surface area contributed by atoms with Gasteiger partial charge in [-0.15, -0.1) is 5.10 Å². The molecule has 5 heteroatoms. The molecular formula is C15H26N4O. The Balaban J connectivity index is 2.34. The Bertz CT molecular complexity index is 459. The van der Waals surface area contributed by atoms with Crippen molar-refractivity contribution < 1.29 is 4.74 Å². The zero-order chi connectivity index (χ0) is 14.7. The molecule has 0 radical (unpaired) electrons. The number of aromatic nitrogens is 2. The topological polar surface area (TPSA) is 64.3 Å². The molecule has 1 unspecified atom stereocenters. The van der Waals surface area contributed by atoms with Crippen molar-refractivity contribution in [3.63, 3.8) is 0 Å². The highest BCUT2D eigenvalue weighted by Crippen LogP contribution is 2.37. The smallest absolute Gasteiger partial charge is 0.156 e. The van der Waals surface area contributed by atoms with Gasteiger partial charge in [0.2, 0.25) is 0 Å². The molecule has 2 rings (SSSR count).